The van der Waals surface area contributed by atoms with E-state index in [4.69, 9.17) is 10.8 Å². The van der Waals surface area contributed by atoms with E-state index in [1.807, 2.05) is 20.8 Å². The Labute approximate surface area is 85.9 Å². The molecule has 0 saturated carbocycles. The van der Waals surface area contributed by atoms with Crippen molar-refractivity contribution in [3.63, 3.8) is 0 Å². The van der Waals surface area contributed by atoms with Crippen LogP contribution in [0, 0.1) is 5.41 Å². The Morgan fingerprint density at radius 3 is 2.29 bits per heavy atom. The molecule has 1 amide bonds. The standard InChI is InChI=1S/C10H22N2O2/c1-7(11)9(14)12-8(5-6-13)10(2,3)4/h7-8,13H,5-6,11H2,1-4H3,(H,12,14)/t7-,8?/m0/s1. The molecule has 0 aromatic heterocycles. The summed E-state index contributed by atoms with van der Waals surface area (Å²) in [7, 11) is 0. The molecule has 1 unspecified atom stereocenters. The van der Waals surface area contributed by atoms with Crippen LogP contribution in [0.3, 0.4) is 0 Å². The highest BCUT2D eigenvalue weighted by Gasteiger charge is 2.26. The van der Waals surface area contributed by atoms with E-state index in [-0.39, 0.29) is 24.0 Å². The third-order valence-electron chi connectivity index (χ3n) is 2.19. The van der Waals surface area contributed by atoms with Gasteiger partial charge in [0, 0.05) is 12.6 Å². The maximum atomic E-state index is 11.4. The number of nitrogens with one attached hydrogen (secondary N) is 1. The molecule has 0 spiro atoms. The van der Waals surface area contributed by atoms with Crippen LogP contribution < -0.4 is 11.1 Å². The van der Waals surface area contributed by atoms with Crippen molar-refractivity contribution in [1.82, 2.24) is 5.32 Å². The van der Waals surface area contributed by atoms with Crippen molar-refractivity contribution in [3.05, 3.63) is 0 Å². The molecule has 0 radical (unpaired) electrons. The zero-order valence-corrected chi connectivity index (χ0v) is 9.50. The zero-order valence-electron chi connectivity index (χ0n) is 9.50. The fourth-order valence-corrected chi connectivity index (χ4v) is 1.15. The van der Waals surface area contributed by atoms with E-state index in [2.05, 4.69) is 5.32 Å². The molecule has 0 heterocycles. The largest absolute Gasteiger partial charge is 0.396 e. The number of aliphatic hydroxyl groups excluding tert-OH is 1. The topological polar surface area (TPSA) is 75.4 Å². The van der Waals surface area contributed by atoms with Gasteiger partial charge in [0.05, 0.1) is 6.04 Å². The minimum absolute atomic E-state index is 0.0361. The minimum atomic E-state index is -0.501. The molecule has 0 aliphatic carbocycles. The molecule has 0 saturated heterocycles. The van der Waals surface area contributed by atoms with Crippen LogP contribution in [-0.2, 0) is 4.79 Å². The normalized spacial score (nSPS) is 16.1. The van der Waals surface area contributed by atoms with E-state index in [0.717, 1.165) is 0 Å². The number of aliphatic hydroxyl groups is 1. The lowest BCUT2D eigenvalue weighted by molar-refractivity contribution is -0.123. The fraction of sp³-hybridized carbons (Fsp3) is 0.900. The highest BCUT2D eigenvalue weighted by atomic mass is 16.3. The van der Waals surface area contributed by atoms with E-state index < -0.39 is 6.04 Å². The molecule has 0 rings (SSSR count). The first-order valence-electron chi connectivity index (χ1n) is 4.96. The highest BCUT2D eigenvalue weighted by molar-refractivity contribution is 5.81. The van der Waals surface area contributed by atoms with Crippen LogP contribution >= 0.6 is 0 Å². The number of carbonyl (C=O) groups excluding carboxylic acids is 1. The molecule has 4 N–H and O–H groups in total. The summed E-state index contributed by atoms with van der Waals surface area (Å²) in [4.78, 5) is 11.4. The Morgan fingerprint density at radius 2 is 2.00 bits per heavy atom. The Kier molecular flexibility index (Phi) is 5.08. The van der Waals surface area contributed by atoms with Crippen molar-refractivity contribution < 1.29 is 9.90 Å². The van der Waals surface area contributed by atoms with Gasteiger partial charge in [0.25, 0.3) is 0 Å². The molecule has 0 aromatic carbocycles. The summed E-state index contributed by atoms with van der Waals surface area (Å²) in [6, 6.07) is -0.537. The predicted octanol–water partition coefficient (Wildman–Crippen LogP) is 0.247. The molecule has 0 aliphatic heterocycles. The SMILES string of the molecule is C[C@H](N)C(=O)NC(CCO)C(C)(C)C. The Hall–Kier alpha value is -0.610. The van der Waals surface area contributed by atoms with Crippen LogP contribution in [0.15, 0.2) is 0 Å². The van der Waals surface area contributed by atoms with E-state index in [1.165, 1.54) is 0 Å². The summed E-state index contributed by atoms with van der Waals surface area (Å²) in [6.07, 6.45) is 0.558. The summed E-state index contributed by atoms with van der Waals surface area (Å²) in [5.74, 6) is -0.168. The van der Waals surface area contributed by atoms with E-state index in [0.29, 0.717) is 6.42 Å². The first-order valence-corrected chi connectivity index (χ1v) is 4.96. The van der Waals surface area contributed by atoms with Gasteiger partial charge in [-0.3, -0.25) is 4.79 Å². The van der Waals surface area contributed by atoms with Crippen molar-refractivity contribution in [3.8, 4) is 0 Å². The van der Waals surface area contributed by atoms with Gasteiger partial charge < -0.3 is 16.2 Å². The van der Waals surface area contributed by atoms with Gasteiger partial charge in [-0.05, 0) is 18.8 Å². The lowest BCUT2D eigenvalue weighted by atomic mass is 9.85. The van der Waals surface area contributed by atoms with Gasteiger partial charge in [0.2, 0.25) is 5.91 Å². The summed E-state index contributed by atoms with van der Waals surface area (Å²) >= 11 is 0. The van der Waals surface area contributed by atoms with E-state index >= 15 is 0 Å². The van der Waals surface area contributed by atoms with Gasteiger partial charge in [-0.15, -0.1) is 0 Å². The molecule has 0 aliphatic rings. The van der Waals surface area contributed by atoms with Crippen LogP contribution in [0.1, 0.15) is 34.1 Å². The lowest BCUT2D eigenvalue weighted by Gasteiger charge is -2.31. The Morgan fingerprint density at radius 1 is 1.50 bits per heavy atom. The molecule has 0 fully saturated rings. The third kappa shape index (κ3) is 4.58. The number of carbonyl (C=O) groups is 1. The molecule has 14 heavy (non-hydrogen) atoms. The maximum absolute atomic E-state index is 11.4. The number of rotatable bonds is 4. The van der Waals surface area contributed by atoms with Crippen molar-refractivity contribution in [2.75, 3.05) is 6.61 Å². The monoisotopic (exact) mass is 202 g/mol. The molecule has 0 aromatic rings. The van der Waals surface area contributed by atoms with E-state index in [1.54, 1.807) is 6.92 Å². The Balaban J connectivity index is 4.31. The van der Waals surface area contributed by atoms with Crippen molar-refractivity contribution in [1.29, 1.82) is 0 Å². The predicted molar refractivity (Wildman–Crippen MR) is 56.7 cm³/mol. The van der Waals surface area contributed by atoms with Gasteiger partial charge in [0.15, 0.2) is 0 Å². The van der Waals surface area contributed by atoms with Crippen LogP contribution in [0.2, 0.25) is 0 Å². The molecule has 0 bridgehead atoms. The maximum Gasteiger partial charge on any atom is 0.236 e. The molecule has 4 heteroatoms. The van der Waals surface area contributed by atoms with Crippen LogP contribution in [0.4, 0.5) is 0 Å². The average Bonchev–Trinajstić information content (AvgIpc) is 2.01. The second-order valence-electron chi connectivity index (χ2n) is 4.73. The van der Waals surface area contributed by atoms with Gasteiger partial charge in [-0.2, -0.15) is 0 Å². The first-order chi connectivity index (χ1) is 6.29. The highest BCUT2D eigenvalue weighted by Crippen LogP contribution is 2.21. The second kappa shape index (κ2) is 5.32. The van der Waals surface area contributed by atoms with Crippen LogP contribution in [-0.4, -0.2) is 29.7 Å². The zero-order chi connectivity index (χ0) is 11.4. The van der Waals surface area contributed by atoms with Crippen LogP contribution in [0.25, 0.3) is 0 Å². The van der Waals surface area contributed by atoms with Crippen molar-refractivity contribution in [2.45, 2.75) is 46.2 Å². The first kappa shape index (κ1) is 13.4. The molecule has 2 atom stereocenters. The van der Waals surface area contributed by atoms with Crippen molar-refractivity contribution >= 4 is 5.91 Å². The second-order valence-corrected chi connectivity index (χ2v) is 4.73. The quantitative estimate of drug-likeness (QED) is 0.611. The van der Waals surface area contributed by atoms with Gasteiger partial charge in [-0.1, -0.05) is 20.8 Å². The Bertz CT molecular complexity index is 185. The molecule has 4 nitrogen and oxygen atoms in total. The number of amides is 1. The van der Waals surface area contributed by atoms with Crippen molar-refractivity contribution in [2.24, 2.45) is 11.1 Å². The fourth-order valence-electron chi connectivity index (χ4n) is 1.15. The summed E-state index contributed by atoms with van der Waals surface area (Å²) in [6.45, 7) is 7.79. The number of nitrogens with two attached hydrogens (primary N) is 1. The number of hydrogen-bond donors (Lipinski definition) is 3. The third-order valence-corrected chi connectivity index (χ3v) is 2.19. The van der Waals surface area contributed by atoms with Crippen LogP contribution in [0.5, 0.6) is 0 Å². The lowest BCUT2D eigenvalue weighted by Crippen LogP contribution is -2.49. The van der Waals surface area contributed by atoms with E-state index in [9.17, 15) is 4.79 Å². The molecular weight excluding hydrogens is 180 g/mol. The summed E-state index contributed by atoms with van der Waals surface area (Å²) < 4.78 is 0. The molecule has 84 valence electrons. The van der Waals surface area contributed by atoms with Gasteiger partial charge >= 0.3 is 0 Å². The number of hydrogen-bond acceptors (Lipinski definition) is 3. The van der Waals surface area contributed by atoms with Gasteiger partial charge in [0.1, 0.15) is 0 Å². The average molecular weight is 202 g/mol. The van der Waals surface area contributed by atoms with Gasteiger partial charge in [-0.25, -0.2) is 0 Å². The smallest absolute Gasteiger partial charge is 0.236 e. The molecular formula is C10H22N2O2. The summed E-state index contributed by atoms with van der Waals surface area (Å²) in [5, 5.41) is 11.7. The summed E-state index contributed by atoms with van der Waals surface area (Å²) in [5.41, 5.74) is 5.39. The minimum Gasteiger partial charge on any atom is -0.396 e.